The number of nitrogens with zero attached hydrogens (tertiary/aromatic N) is 3. The molecule has 110 valence electrons. The third-order valence-electron chi connectivity index (χ3n) is 3.36. The van der Waals surface area contributed by atoms with Gasteiger partial charge < -0.3 is 9.64 Å². The van der Waals surface area contributed by atoms with Crippen molar-refractivity contribution in [3.63, 3.8) is 0 Å². The van der Waals surface area contributed by atoms with E-state index >= 15 is 0 Å². The van der Waals surface area contributed by atoms with Crippen LogP contribution in [0.2, 0.25) is 0 Å². The van der Waals surface area contributed by atoms with E-state index in [4.69, 9.17) is 10.00 Å². The van der Waals surface area contributed by atoms with E-state index < -0.39 is 0 Å². The summed E-state index contributed by atoms with van der Waals surface area (Å²) >= 11 is 0. The van der Waals surface area contributed by atoms with Gasteiger partial charge in [-0.2, -0.15) is 5.26 Å². The number of ether oxygens (including phenoxy) is 1. The van der Waals surface area contributed by atoms with Crippen LogP contribution < -0.4 is 9.64 Å². The minimum atomic E-state index is -0.365. The number of piperazine rings is 1. The fourth-order valence-electron chi connectivity index (χ4n) is 2.27. The van der Waals surface area contributed by atoms with E-state index in [9.17, 15) is 9.59 Å². The molecule has 1 saturated heterocycles. The second-order valence-corrected chi connectivity index (χ2v) is 4.96. The van der Waals surface area contributed by atoms with Crippen molar-refractivity contribution in [1.82, 2.24) is 4.90 Å². The largest absolute Gasteiger partial charge is 0.495 e. The fraction of sp³-hybridized carbons (Fsp3) is 0.400. The molecule has 1 aliphatic heterocycles. The highest BCUT2D eigenvalue weighted by Crippen LogP contribution is 2.28. The summed E-state index contributed by atoms with van der Waals surface area (Å²) in [5, 5.41) is 8.81. The number of methoxy groups -OCH3 is 1. The molecule has 0 bridgehead atoms. The van der Waals surface area contributed by atoms with Gasteiger partial charge in [-0.05, 0) is 19.1 Å². The summed E-state index contributed by atoms with van der Waals surface area (Å²) in [5.41, 5.74) is 0.717. The molecular weight excluding hydrogens is 270 g/mol. The van der Waals surface area contributed by atoms with Gasteiger partial charge >= 0.3 is 0 Å². The highest BCUT2D eigenvalue weighted by molar-refractivity contribution is 6.03. The van der Waals surface area contributed by atoms with Crippen molar-refractivity contribution in [3.8, 4) is 11.8 Å². The van der Waals surface area contributed by atoms with Crippen molar-refractivity contribution < 1.29 is 14.3 Å². The molecule has 1 aliphatic rings. The van der Waals surface area contributed by atoms with Gasteiger partial charge in [0.15, 0.2) is 0 Å². The molecule has 6 heteroatoms. The van der Waals surface area contributed by atoms with Gasteiger partial charge in [-0.25, -0.2) is 0 Å². The van der Waals surface area contributed by atoms with E-state index in [1.165, 1.54) is 4.90 Å². The zero-order chi connectivity index (χ0) is 15.4. The molecule has 0 aromatic heterocycles. The Hall–Kier alpha value is -2.55. The molecule has 2 amide bonds. The van der Waals surface area contributed by atoms with Crippen molar-refractivity contribution in [2.45, 2.75) is 6.92 Å². The molecule has 1 aromatic rings. The maximum absolute atomic E-state index is 12.2. The van der Waals surface area contributed by atoms with E-state index in [1.54, 1.807) is 25.0 Å². The van der Waals surface area contributed by atoms with Crippen molar-refractivity contribution in [2.75, 3.05) is 31.6 Å². The lowest BCUT2D eigenvalue weighted by Crippen LogP contribution is -2.55. The Bertz CT molecular complexity index is 576. The van der Waals surface area contributed by atoms with Crippen molar-refractivity contribution in [3.05, 3.63) is 24.3 Å². The molecule has 6 nitrogen and oxygen atoms in total. The standard InChI is InChI=1S/C15H17N3O3/c1-11(7-16)8-18-14(19)9-17(10-15(18)20)12-5-3-4-6-13(12)21-2/h3-6,11H,8-10H2,1-2H3. The zero-order valence-electron chi connectivity index (χ0n) is 12.1. The van der Waals surface area contributed by atoms with Gasteiger partial charge in [-0.15, -0.1) is 0 Å². The Morgan fingerprint density at radius 3 is 2.48 bits per heavy atom. The Morgan fingerprint density at radius 1 is 1.29 bits per heavy atom. The number of anilines is 1. The molecule has 21 heavy (non-hydrogen) atoms. The summed E-state index contributed by atoms with van der Waals surface area (Å²) in [7, 11) is 1.55. The number of carbonyl (C=O) groups excluding carboxylic acids is 2. The first kappa shape index (κ1) is 14.9. The number of nitriles is 1. The molecule has 0 aliphatic carbocycles. The molecule has 0 spiro atoms. The third kappa shape index (κ3) is 3.14. The minimum Gasteiger partial charge on any atom is -0.495 e. The van der Waals surface area contributed by atoms with Crippen LogP contribution in [0.1, 0.15) is 6.92 Å². The van der Waals surface area contributed by atoms with Gasteiger partial charge in [0.25, 0.3) is 0 Å². The molecule has 1 heterocycles. The SMILES string of the molecule is COc1ccccc1N1CC(=O)N(CC(C)C#N)C(=O)C1. The molecule has 0 radical (unpaired) electrons. The van der Waals surface area contributed by atoms with E-state index in [-0.39, 0.29) is 37.4 Å². The quantitative estimate of drug-likeness (QED) is 0.773. The predicted octanol–water partition coefficient (Wildman–Crippen LogP) is 1.03. The van der Waals surface area contributed by atoms with Crippen LogP contribution >= 0.6 is 0 Å². The Labute approximate surface area is 123 Å². The lowest BCUT2D eigenvalue weighted by atomic mass is 10.1. The summed E-state index contributed by atoms with van der Waals surface area (Å²) in [5.74, 6) is -0.328. The smallest absolute Gasteiger partial charge is 0.248 e. The van der Waals surface area contributed by atoms with E-state index in [2.05, 4.69) is 0 Å². The van der Waals surface area contributed by atoms with E-state index in [0.717, 1.165) is 5.69 Å². The van der Waals surface area contributed by atoms with E-state index in [1.807, 2.05) is 24.3 Å². The zero-order valence-corrected chi connectivity index (χ0v) is 12.1. The first-order valence-electron chi connectivity index (χ1n) is 6.67. The number of imide groups is 1. The van der Waals surface area contributed by atoms with Crippen LogP contribution in [0.4, 0.5) is 5.69 Å². The summed E-state index contributed by atoms with van der Waals surface area (Å²) in [6.45, 7) is 2.04. The van der Waals surface area contributed by atoms with Crippen molar-refractivity contribution >= 4 is 17.5 Å². The van der Waals surface area contributed by atoms with Gasteiger partial charge in [0.05, 0.1) is 37.9 Å². The molecule has 0 saturated carbocycles. The maximum Gasteiger partial charge on any atom is 0.248 e. The highest BCUT2D eigenvalue weighted by atomic mass is 16.5. The lowest BCUT2D eigenvalue weighted by Gasteiger charge is -2.34. The van der Waals surface area contributed by atoms with Crippen LogP contribution in [-0.4, -0.2) is 43.5 Å². The monoisotopic (exact) mass is 287 g/mol. The normalized spacial score (nSPS) is 16.6. The van der Waals surface area contributed by atoms with Crippen LogP contribution in [0, 0.1) is 17.2 Å². The maximum atomic E-state index is 12.2. The third-order valence-corrected chi connectivity index (χ3v) is 3.36. The van der Waals surface area contributed by atoms with Crippen LogP contribution in [0.3, 0.4) is 0 Å². The summed E-state index contributed by atoms with van der Waals surface area (Å²) in [6, 6.07) is 9.29. The topological polar surface area (TPSA) is 73.6 Å². The summed E-state index contributed by atoms with van der Waals surface area (Å²) in [4.78, 5) is 27.2. The number of benzene rings is 1. The average molecular weight is 287 g/mol. The number of amides is 2. The Kier molecular flexibility index (Phi) is 4.43. The molecule has 1 aromatic carbocycles. The average Bonchev–Trinajstić information content (AvgIpc) is 2.50. The molecular formula is C15H17N3O3. The van der Waals surface area contributed by atoms with E-state index in [0.29, 0.717) is 5.75 Å². The summed E-state index contributed by atoms with van der Waals surface area (Å²) < 4.78 is 5.26. The van der Waals surface area contributed by atoms with Gasteiger partial charge in [-0.1, -0.05) is 12.1 Å². The van der Waals surface area contributed by atoms with Gasteiger partial charge in [0, 0.05) is 6.54 Å². The Balaban J connectivity index is 2.17. The second-order valence-electron chi connectivity index (χ2n) is 4.96. The van der Waals surface area contributed by atoms with Gasteiger partial charge in [0.2, 0.25) is 11.8 Å². The van der Waals surface area contributed by atoms with Crippen LogP contribution in [0.5, 0.6) is 5.75 Å². The van der Waals surface area contributed by atoms with Gasteiger partial charge in [-0.3, -0.25) is 14.5 Å². The number of hydrogen-bond acceptors (Lipinski definition) is 5. The number of para-hydroxylation sites is 2. The molecule has 1 fully saturated rings. The Morgan fingerprint density at radius 2 is 1.90 bits per heavy atom. The van der Waals surface area contributed by atoms with Crippen LogP contribution in [-0.2, 0) is 9.59 Å². The molecule has 1 atom stereocenters. The van der Waals surface area contributed by atoms with Crippen molar-refractivity contribution in [1.29, 1.82) is 5.26 Å². The second kappa shape index (κ2) is 6.27. The highest BCUT2D eigenvalue weighted by Gasteiger charge is 2.32. The number of hydrogen-bond donors (Lipinski definition) is 0. The summed E-state index contributed by atoms with van der Waals surface area (Å²) in [6.07, 6.45) is 0. The van der Waals surface area contributed by atoms with Crippen molar-refractivity contribution in [2.24, 2.45) is 5.92 Å². The molecule has 0 N–H and O–H groups in total. The van der Waals surface area contributed by atoms with Gasteiger partial charge in [0.1, 0.15) is 5.75 Å². The molecule has 1 unspecified atom stereocenters. The predicted molar refractivity (Wildman–Crippen MR) is 76.7 cm³/mol. The number of rotatable bonds is 4. The number of carbonyl (C=O) groups is 2. The van der Waals surface area contributed by atoms with Crippen LogP contribution in [0.15, 0.2) is 24.3 Å². The van der Waals surface area contributed by atoms with Crippen LogP contribution in [0.25, 0.3) is 0 Å². The minimum absolute atomic E-state index is 0.101. The molecule has 2 rings (SSSR count). The fourth-order valence-corrected chi connectivity index (χ4v) is 2.27. The first-order chi connectivity index (χ1) is 10.1. The first-order valence-corrected chi connectivity index (χ1v) is 6.67. The lowest BCUT2D eigenvalue weighted by molar-refractivity contribution is -0.145.